The average molecular weight is 551 g/mol. The van der Waals surface area contributed by atoms with Gasteiger partial charge in [-0.3, -0.25) is 19.2 Å². The maximum absolute atomic E-state index is 13.2. The van der Waals surface area contributed by atoms with Gasteiger partial charge in [0, 0.05) is 12.8 Å². The second-order valence-corrected chi connectivity index (χ2v) is 9.32. The second kappa shape index (κ2) is 18.7. The zero-order chi connectivity index (χ0) is 29.2. The minimum atomic E-state index is -1.28. The van der Waals surface area contributed by atoms with Gasteiger partial charge >= 0.3 is 11.9 Å². The molecular weight excluding hydrogens is 508 g/mol. The van der Waals surface area contributed by atoms with Crippen LogP contribution in [-0.2, 0) is 30.4 Å². The number of nitrogens with one attached hydrogen (secondary N) is 3. The number of amides is 3. The van der Waals surface area contributed by atoms with Crippen molar-refractivity contribution in [1.82, 2.24) is 16.0 Å². The molecule has 1 aromatic carbocycles. The minimum Gasteiger partial charge on any atom is -0.481 e. The molecule has 218 valence electrons. The Morgan fingerprint density at radius 2 is 1.23 bits per heavy atom. The Morgan fingerprint density at radius 1 is 0.692 bits per heavy atom. The van der Waals surface area contributed by atoms with Crippen LogP contribution in [0.1, 0.15) is 56.9 Å². The highest BCUT2D eigenvalue weighted by Gasteiger charge is 2.30. The number of hydrogen-bond acceptors (Lipinski definition) is 8. The highest BCUT2D eigenvalue weighted by Crippen LogP contribution is 2.08. The normalized spacial score (nSPS) is 13.9. The summed E-state index contributed by atoms with van der Waals surface area (Å²) in [5.74, 6) is -4.54. The van der Waals surface area contributed by atoms with Gasteiger partial charge in [0.05, 0.1) is 6.04 Å². The van der Waals surface area contributed by atoms with E-state index in [9.17, 15) is 29.1 Å². The van der Waals surface area contributed by atoms with Gasteiger partial charge in [0.25, 0.3) is 0 Å². The molecule has 3 amide bonds. The summed E-state index contributed by atoms with van der Waals surface area (Å²) in [6, 6.07) is 4.18. The summed E-state index contributed by atoms with van der Waals surface area (Å²) in [4.78, 5) is 61.9. The number of nitrogens with two attached hydrogens (primary N) is 3. The lowest BCUT2D eigenvalue weighted by molar-refractivity contribution is -0.142. The lowest BCUT2D eigenvalue weighted by Crippen LogP contribution is -2.57. The van der Waals surface area contributed by atoms with Crippen molar-refractivity contribution in [2.45, 2.75) is 82.0 Å². The van der Waals surface area contributed by atoms with E-state index < -0.39 is 60.2 Å². The Kier molecular flexibility index (Phi) is 16.0. The van der Waals surface area contributed by atoms with Crippen LogP contribution in [0.4, 0.5) is 0 Å². The van der Waals surface area contributed by atoms with Crippen LogP contribution in [0.5, 0.6) is 0 Å². The van der Waals surface area contributed by atoms with Crippen LogP contribution in [0.2, 0.25) is 0 Å². The molecule has 4 atom stereocenters. The molecule has 1 rings (SSSR count). The molecule has 13 nitrogen and oxygen atoms in total. The van der Waals surface area contributed by atoms with E-state index in [4.69, 9.17) is 22.3 Å². The lowest BCUT2D eigenvalue weighted by atomic mass is 10.0. The fourth-order valence-electron chi connectivity index (χ4n) is 3.81. The molecule has 4 unspecified atom stereocenters. The Labute approximate surface area is 228 Å². The molecule has 0 bridgehead atoms. The molecule has 0 aromatic heterocycles. The lowest BCUT2D eigenvalue weighted by Gasteiger charge is -2.25. The molecule has 0 aliphatic carbocycles. The number of carboxylic acid groups (broad SMARTS) is 2. The van der Waals surface area contributed by atoms with Gasteiger partial charge in [-0.15, -0.1) is 0 Å². The second-order valence-electron chi connectivity index (χ2n) is 9.32. The maximum Gasteiger partial charge on any atom is 0.326 e. The molecule has 0 aliphatic rings. The zero-order valence-electron chi connectivity index (χ0n) is 22.1. The smallest absolute Gasteiger partial charge is 0.326 e. The number of unbranched alkanes of at least 4 members (excludes halogenated alkanes) is 2. The number of carboxylic acids is 2. The van der Waals surface area contributed by atoms with Crippen molar-refractivity contribution in [3.63, 3.8) is 0 Å². The first kappa shape index (κ1) is 33.5. The van der Waals surface area contributed by atoms with E-state index in [2.05, 4.69) is 16.0 Å². The predicted octanol–water partition coefficient (Wildman–Crippen LogP) is -0.782. The predicted molar refractivity (Wildman–Crippen MR) is 144 cm³/mol. The average Bonchev–Trinajstić information content (AvgIpc) is 2.90. The minimum absolute atomic E-state index is 0.0335. The molecule has 0 saturated carbocycles. The van der Waals surface area contributed by atoms with Crippen LogP contribution in [0.25, 0.3) is 0 Å². The molecule has 1 aromatic rings. The van der Waals surface area contributed by atoms with Gasteiger partial charge in [-0.2, -0.15) is 0 Å². The Hall–Kier alpha value is -3.55. The molecule has 0 heterocycles. The van der Waals surface area contributed by atoms with E-state index in [0.29, 0.717) is 50.8 Å². The molecule has 13 heteroatoms. The Bertz CT molecular complexity index is 931. The highest BCUT2D eigenvalue weighted by atomic mass is 16.4. The summed E-state index contributed by atoms with van der Waals surface area (Å²) in [5, 5.41) is 26.2. The van der Waals surface area contributed by atoms with Crippen LogP contribution >= 0.6 is 0 Å². The monoisotopic (exact) mass is 550 g/mol. The van der Waals surface area contributed by atoms with Gasteiger partial charge in [0.2, 0.25) is 17.7 Å². The first-order chi connectivity index (χ1) is 18.6. The Balaban J connectivity index is 3.08. The number of carbonyl (C=O) groups excluding carboxylic acids is 3. The summed E-state index contributed by atoms with van der Waals surface area (Å²) in [6.45, 7) is 0.825. The van der Waals surface area contributed by atoms with Gasteiger partial charge < -0.3 is 43.4 Å². The van der Waals surface area contributed by atoms with Crippen LogP contribution in [0, 0.1) is 0 Å². The van der Waals surface area contributed by atoms with Gasteiger partial charge in [-0.05, 0) is 57.2 Å². The largest absolute Gasteiger partial charge is 0.481 e. The first-order valence-corrected chi connectivity index (χ1v) is 13.1. The zero-order valence-corrected chi connectivity index (χ0v) is 22.1. The van der Waals surface area contributed by atoms with Gasteiger partial charge in [-0.1, -0.05) is 36.8 Å². The summed E-state index contributed by atoms with van der Waals surface area (Å²) < 4.78 is 0. The molecule has 0 saturated heterocycles. The molecule has 39 heavy (non-hydrogen) atoms. The number of rotatable bonds is 20. The molecule has 11 N–H and O–H groups in total. The third-order valence-electron chi connectivity index (χ3n) is 6.06. The van der Waals surface area contributed by atoms with Crippen molar-refractivity contribution in [1.29, 1.82) is 0 Å². The van der Waals surface area contributed by atoms with E-state index >= 15 is 0 Å². The third kappa shape index (κ3) is 13.7. The van der Waals surface area contributed by atoms with Crippen molar-refractivity contribution in [2.75, 3.05) is 13.1 Å². The summed E-state index contributed by atoms with van der Waals surface area (Å²) in [6.07, 6.45) is 2.21. The van der Waals surface area contributed by atoms with Crippen LogP contribution in [-0.4, -0.2) is 77.1 Å². The van der Waals surface area contributed by atoms with Crippen LogP contribution in [0.15, 0.2) is 30.3 Å². The Morgan fingerprint density at radius 3 is 1.79 bits per heavy atom. The van der Waals surface area contributed by atoms with Crippen molar-refractivity contribution >= 4 is 29.7 Å². The van der Waals surface area contributed by atoms with Gasteiger partial charge in [0.1, 0.15) is 18.1 Å². The summed E-state index contributed by atoms with van der Waals surface area (Å²) >= 11 is 0. The van der Waals surface area contributed by atoms with Crippen LogP contribution in [0.3, 0.4) is 0 Å². The quantitative estimate of drug-likeness (QED) is 0.0941. The summed E-state index contributed by atoms with van der Waals surface area (Å²) in [7, 11) is 0. The molecule has 0 aliphatic heterocycles. The fourth-order valence-corrected chi connectivity index (χ4v) is 3.81. The topological polar surface area (TPSA) is 240 Å². The van der Waals surface area contributed by atoms with E-state index in [1.54, 1.807) is 30.3 Å². The SMILES string of the molecule is NCCCCC(N)C(=O)NC(CCC(=O)O)C(=O)NC(Cc1ccccc1)C(=O)NC(CCCCN)C(=O)O. The molecule has 0 fully saturated rings. The van der Waals surface area contributed by atoms with E-state index in [1.807, 2.05) is 0 Å². The van der Waals surface area contributed by atoms with E-state index in [0.717, 1.165) is 0 Å². The molecule has 0 radical (unpaired) electrons. The number of aliphatic carboxylic acids is 2. The summed E-state index contributed by atoms with van der Waals surface area (Å²) in [5.41, 5.74) is 17.6. The van der Waals surface area contributed by atoms with Crippen molar-refractivity contribution in [3.05, 3.63) is 35.9 Å². The molecular formula is C26H42N6O7. The van der Waals surface area contributed by atoms with Gasteiger partial charge in [-0.25, -0.2) is 4.79 Å². The maximum atomic E-state index is 13.2. The van der Waals surface area contributed by atoms with Crippen LogP contribution < -0.4 is 33.2 Å². The third-order valence-corrected chi connectivity index (χ3v) is 6.06. The van der Waals surface area contributed by atoms with Crippen molar-refractivity contribution in [3.8, 4) is 0 Å². The van der Waals surface area contributed by atoms with Gasteiger partial charge in [0.15, 0.2) is 0 Å². The van der Waals surface area contributed by atoms with Crippen molar-refractivity contribution in [2.24, 2.45) is 17.2 Å². The number of hydrogen-bond donors (Lipinski definition) is 8. The van der Waals surface area contributed by atoms with Crippen molar-refractivity contribution < 1.29 is 34.2 Å². The van der Waals surface area contributed by atoms with E-state index in [1.165, 1.54) is 0 Å². The molecule has 0 spiro atoms. The van der Waals surface area contributed by atoms with E-state index in [-0.39, 0.29) is 19.3 Å². The highest BCUT2D eigenvalue weighted by molar-refractivity contribution is 5.94. The number of benzene rings is 1. The number of carbonyl (C=O) groups is 5. The first-order valence-electron chi connectivity index (χ1n) is 13.1. The standard InChI is InChI=1S/C26H42N6O7/c27-14-6-4-10-18(29)23(35)30-19(12-13-22(33)34)24(36)32-21(16-17-8-2-1-3-9-17)25(37)31-20(26(38)39)11-5-7-15-28/h1-3,8-9,18-21H,4-7,10-16,27-29H2,(H,30,35)(H,31,37)(H,32,36)(H,33,34)(H,38,39). The fraction of sp³-hybridized carbons (Fsp3) is 0.577.